The lowest BCUT2D eigenvalue weighted by Gasteiger charge is -2.09. The summed E-state index contributed by atoms with van der Waals surface area (Å²) in [5.74, 6) is -0.261. The average Bonchev–Trinajstić information content (AvgIpc) is 2.91. The maximum atomic E-state index is 12.3. The van der Waals surface area contributed by atoms with Crippen molar-refractivity contribution in [2.45, 2.75) is 17.1 Å². The number of halogens is 1. The SMILES string of the molecule is CC(C(=O)c1ccc(Cl)s1)S(=O)c1ccc([N+](=O)[O-])cc1. The Balaban J connectivity index is 2.18. The van der Waals surface area contributed by atoms with Gasteiger partial charge in [-0.15, -0.1) is 11.3 Å². The number of nitrogens with zero attached hydrogens (tertiary/aromatic N) is 1. The fraction of sp³-hybridized carbons (Fsp3) is 0.154. The van der Waals surface area contributed by atoms with E-state index >= 15 is 0 Å². The van der Waals surface area contributed by atoms with Crippen molar-refractivity contribution in [3.8, 4) is 0 Å². The smallest absolute Gasteiger partial charge is 0.269 e. The van der Waals surface area contributed by atoms with Crippen LogP contribution in [0.25, 0.3) is 0 Å². The van der Waals surface area contributed by atoms with Crippen LogP contribution in [0, 0.1) is 10.1 Å². The van der Waals surface area contributed by atoms with Crippen LogP contribution in [-0.2, 0) is 10.8 Å². The van der Waals surface area contributed by atoms with Gasteiger partial charge in [-0.2, -0.15) is 0 Å². The molecule has 1 aromatic carbocycles. The van der Waals surface area contributed by atoms with Crippen LogP contribution in [0.2, 0.25) is 4.34 Å². The van der Waals surface area contributed by atoms with E-state index in [0.717, 1.165) is 11.3 Å². The molecule has 0 N–H and O–H groups in total. The van der Waals surface area contributed by atoms with Gasteiger partial charge >= 0.3 is 0 Å². The monoisotopic (exact) mass is 343 g/mol. The zero-order valence-electron chi connectivity index (χ0n) is 10.8. The van der Waals surface area contributed by atoms with Crippen molar-refractivity contribution in [1.82, 2.24) is 0 Å². The normalized spacial score (nSPS) is 13.6. The average molecular weight is 344 g/mol. The molecule has 0 aliphatic carbocycles. The molecule has 2 atom stereocenters. The summed E-state index contributed by atoms with van der Waals surface area (Å²) < 4.78 is 12.8. The molecule has 0 aliphatic rings. The Kier molecular flexibility index (Phi) is 4.87. The Bertz CT molecular complexity index is 711. The third kappa shape index (κ3) is 3.55. The molecule has 0 bridgehead atoms. The molecule has 0 saturated heterocycles. The maximum absolute atomic E-state index is 12.3. The second-order valence-corrected chi connectivity index (χ2v) is 7.65. The quantitative estimate of drug-likeness (QED) is 0.471. The van der Waals surface area contributed by atoms with Gasteiger partial charge in [-0.05, 0) is 31.2 Å². The second-order valence-electron chi connectivity index (χ2n) is 4.16. The van der Waals surface area contributed by atoms with Crippen LogP contribution in [0.5, 0.6) is 0 Å². The first-order valence-corrected chi connectivity index (χ1v) is 8.25. The first-order chi connectivity index (χ1) is 9.90. The molecule has 8 heteroatoms. The zero-order valence-corrected chi connectivity index (χ0v) is 13.2. The van der Waals surface area contributed by atoms with Crippen LogP contribution >= 0.6 is 22.9 Å². The standard InChI is InChI=1S/C13H10ClNO4S2/c1-8(13(16)11-6-7-12(14)20-11)21(19)10-4-2-9(3-5-10)15(17)18/h2-8H,1H3. The number of carbonyl (C=O) groups is 1. The molecular weight excluding hydrogens is 334 g/mol. The Hall–Kier alpha value is -1.57. The molecule has 0 radical (unpaired) electrons. The lowest BCUT2D eigenvalue weighted by Crippen LogP contribution is -2.22. The van der Waals surface area contributed by atoms with E-state index in [0.29, 0.717) is 14.1 Å². The number of thiophene rings is 1. The topological polar surface area (TPSA) is 77.3 Å². The third-order valence-electron chi connectivity index (χ3n) is 2.79. The molecule has 21 heavy (non-hydrogen) atoms. The summed E-state index contributed by atoms with van der Waals surface area (Å²) in [6.45, 7) is 1.56. The Labute approximate surface area is 132 Å². The molecule has 2 aromatic rings. The van der Waals surface area contributed by atoms with Gasteiger partial charge in [-0.3, -0.25) is 19.1 Å². The molecule has 5 nitrogen and oxygen atoms in total. The van der Waals surface area contributed by atoms with Crippen molar-refractivity contribution in [2.75, 3.05) is 0 Å². The number of carbonyl (C=O) groups excluding carboxylic acids is 1. The Morgan fingerprint density at radius 3 is 2.38 bits per heavy atom. The zero-order chi connectivity index (χ0) is 15.6. The maximum Gasteiger partial charge on any atom is 0.269 e. The van der Waals surface area contributed by atoms with Gasteiger partial charge in [0.05, 0.1) is 24.9 Å². The Morgan fingerprint density at radius 2 is 1.90 bits per heavy atom. The highest BCUT2D eigenvalue weighted by atomic mass is 35.5. The van der Waals surface area contributed by atoms with Gasteiger partial charge in [0.1, 0.15) is 5.25 Å². The van der Waals surface area contributed by atoms with E-state index in [4.69, 9.17) is 11.6 Å². The van der Waals surface area contributed by atoms with Crippen LogP contribution < -0.4 is 0 Å². The van der Waals surface area contributed by atoms with Gasteiger partial charge in [-0.1, -0.05) is 11.6 Å². The molecule has 0 spiro atoms. The van der Waals surface area contributed by atoms with Gasteiger partial charge in [0, 0.05) is 17.0 Å². The lowest BCUT2D eigenvalue weighted by atomic mass is 10.2. The molecule has 0 fully saturated rings. The van der Waals surface area contributed by atoms with Gasteiger partial charge in [0.2, 0.25) is 0 Å². The second kappa shape index (κ2) is 6.46. The third-order valence-corrected chi connectivity index (χ3v) is 5.63. The molecule has 0 saturated carbocycles. The number of rotatable bonds is 5. The van der Waals surface area contributed by atoms with E-state index in [1.54, 1.807) is 19.1 Å². The van der Waals surface area contributed by atoms with E-state index in [1.807, 2.05) is 0 Å². The molecule has 110 valence electrons. The van der Waals surface area contributed by atoms with Gasteiger partial charge in [0.25, 0.3) is 5.69 Å². The summed E-state index contributed by atoms with van der Waals surface area (Å²) >= 11 is 6.91. The Morgan fingerprint density at radius 1 is 1.29 bits per heavy atom. The molecule has 2 rings (SSSR count). The number of nitro benzene ring substituents is 1. The van der Waals surface area contributed by atoms with Crippen LogP contribution in [0.4, 0.5) is 5.69 Å². The van der Waals surface area contributed by atoms with Gasteiger partial charge in [-0.25, -0.2) is 0 Å². The minimum absolute atomic E-state index is 0.0835. The van der Waals surface area contributed by atoms with Crippen molar-refractivity contribution < 1.29 is 13.9 Å². The number of ketones is 1. The summed E-state index contributed by atoms with van der Waals surface area (Å²) in [4.78, 5) is 23.1. The molecule has 0 aliphatic heterocycles. The van der Waals surface area contributed by atoms with E-state index in [2.05, 4.69) is 0 Å². The highest BCUT2D eigenvalue weighted by Crippen LogP contribution is 2.25. The largest absolute Gasteiger partial charge is 0.292 e. The number of nitro groups is 1. The number of benzene rings is 1. The number of hydrogen-bond acceptors (Lipinski definition) is 5. The van der Waals surface area contributed by atoms with Crippen molar-refractivity contribution >= 4 is 45.2 Å². The highest BCUT2D eigenvalue weighted by Gasteiger charge is 2.24. The van der Waals surface area contributed by atoms with E-state index in [9.17, 15) is 19.1 Å². The molecule has 1 heterocycles. The predicted molar refractivity (Wildman–Crippen MR) is 82.6 cm³/mol. The number of Topliss-reactive ketones (excluding diaryl/α,β-unsaturated/α-hetero) is 1. The van der Waals surface area contributed by atoms with E-state index < -0.39 is 21.0 Å². The predicted octanol–water partition coefficient (Wildman–Crippen LogP) is 3.69. The van der Waals surface area contributed by atoms with E-state index in [1.165, 1.54) is 24.3 Å². The minimum atomic E-state index is -1.58. The summed E-state index contributed by atoms with van der Waals surface area (Å²) in [5.41, 5.74) is -0.0835. The van der Waals surface area contributed by atoms with Gasteiger partial charge < -0.3 is 0 Å². The van der Waals surface area contributed by atoms with E-state index in [-0.39, 0.29) is 11.5 Å². The summed E-state index contributed by atoms with van der Waals surface area (Å²) in [5, 5.41) is 9.83. The van der Waals surface area contributed by atoms with Gasteiger partial charge in [0.15, 0.2) is 5.78 Å². The van der Waals surface area contributed by atoms with Crippen LogP contribution in [0.15, 0.2) is 41.3 Å². The lowest BCUT2D eigenvalue weighted by molar-refractivity contribution is -0.384. The summed E-state index contributed by atoms with van der Waals surface area (Å²) in [7, 11) is -1.58. The first kappa shape index (κ1) is 15.8. The molecule has 0 amide bonds. The molecule has 2 unspecified atom stereocenters. The van der Waals surface area contributed by atoms with Crippen LogP contribution in [-0.4, -0.2) is 20.2 Å². The van der Waals surface area contributed by atoms with Crippen molar-refractivity contribution in [3.05, 3.63) is 55.7 Å². The summed E-state index contributed by atoms with van der Waals surface area (Å²) in [6, 6.07) is 8.55. The van der Waals surface area contributed by atoms with Crippen LogP contribution in [0.3, 0.4) is 0 Å². The molecule has 1 aromatic heterocycles. The number of hydrogen-bond donors (Lipinski definition) is 0. The minimum Gasteiger partial charge on any atom is -0.292 e. The highest BCUT2D eigenvalue weighted by molar-refractivity contribution is 7.86. The fourth-order valence-corrected chi connectivity index (χ4v) is 3.93. The molecular formula is C13H10ClNO4S2. The fourth-order valence-electron chi connectivity index (χ4n) is 1.65. The van der Waals surface area contributed by atoms with Crippen molar-refractivity contribution in [2.24, 2.45) is 0 Å². The van der Waals surface area contributed by atoms with Crippen molar-refractivity contribution in [1.29, 1.82) is 0 Å². The number of non-ortho nitro benzene ring substituents is 1. The summed E-state index contributed by atoms with van der Waals surface area (Å²) in [6.07, 6.45) is 0. The van der Waals surface area contributed by atoms with Crippen molar-refractivity contribution in [3.63, 3.8) is 0 Å². The van der Waals surface area contributed by atoms with Crippen LogP contribution in [0.1, 0.15) is 16.6 Å². The first-order valence-electron chi connectivity index (χ1n) is 5.84.